The minimum atomic E-state index is 0.659. The van der Waals surface area contributed by atoms with Crippen molar-refractivity contribution < 1.29 is 0 Å². The Balaban J connectivity index is 1.86. The Morgan fingerprint density at radius 3 is 2.79 bits per heavy atom. The fourth-order valence-corrected chi connectivity index (χ4v) is 3.07. The van der Waals surface area contributed by atoms with Crippen LogP contribution in [0.2, 0.25) is 0 Å². The zero-order valence-electron chi connectivity index (χ0n) is 13.9. The number of nitrogens with one attached hydrogen (secondary N) is 1. The molecule has 0 amide bonds. The Morgan fingerprint density at radius 2 is 2.08 bits per heavy atom. The largest absolute Gasteiger partial charge is 0.354 e. The van der Waals surface area contributed by atoms with Crippen molar-refractivity contribution in [1.29, 1.82) is 0 Å². The molecule has 124 valence electrons. The molecule has 0 aliphatic rings. The first kappa shape index (κ1) is 16.5. The molecule has 0 atom stereocenters. The third-order valence-electron chi connectivity index (χ3n) is 3.62. The lowest BCUT2D eigenvalue weighted by molar-refractivity contribution is 0.405. The second kappa shape index (κ2) is 7.99. The van der Waals surface area contributed by atoms with Crippen molar-refractivity contribution in [2.24, 2.45) is 0 Å². The predicted molar refractivity (Wildman–Crippen MR) is 100 cm³/mol. The molecule has 0 radical (unpaired) electrons. The Morgan fingerprint density at radius 1 is 1.17 bits per heavy atom. The van der Waals surface area contributed by atoms with Gasteiger partial charge in [0.25, 0.3) is 0 Å². The van der Waals surface area contributed by atoms with Gasteiger partial charge in [0.1, 0.15) is 0 Å². The summed E-state index contributed by atoms with van der Waals surface area (Å²) >= 11 is 1.67. The molecule has 0 saturated carbocycles. The van der Waals surface area contributed by atoms with Crippen LogP contribution in [0.4, 0.5) is 5.95 Å². The predicted octanol–water partition coefficient (Wildman–Crippen LogP) is 3.63. The molecule has 3 rings (SSSR count). The number of rotatable bonds is 7. The molecule has 0 spiro atoms. The summed E-state index contributed by atoms with van der Waals surface area (Å²) in [4.78, 5) is 15.6. The third-order valence-corrected chi connectivity index (χ3v) is 4.30. The van der Waals surface area contributed by atoms with Gasteiger partial charge in [-0.2, -0.15) is 11.3 Å². The summed E-state index contributed by atoms with van der Waals surface area (Å²) in [5.41, 5.74) is 4.07. The maximum absolute atomic E-state index is 4.74. The van der Waals surface area contributed by atoms with E-state index < -0.39 is 0 Å². The van der Waals surface area contributed by atoms with E-state index in [4.69, 9.17) is 4.98 Å². The number of thiophene rings is 1. The monoisotopic (exact) mass is 339 g/mol. The van der Waals surface area contributed by atoms with Gasteiger partial charge in [-0.05, 0) is 61.6 Å². The summed E-state index contributed by atoms with van der Waals surface area (Å²) in [6.07, 6.45) is 6.56. The van der Waals surface area contributed by atoms with Crippen LogP contribution in [0.5, 0.6) is 0 Å². The van der Waals surface area contributed by atoms with Crippen LogP contribution in [0.1, 0.15) is 6.42 Å². The number of hydrogen-bond donors (Lipinski definition) is 1. The van der Waals surface area contributed by atoms with Gasteiger partial charge < -0.3 is 10.2 Å². The Bertz CT molecular complexity index is 756. The SMILES string of the molecule is CN(C)CCCNc1ncc(-c2ccsc2)c(-c2cccnc2)n1. The molecule has 0 aliphatic carbocycles. The summed E-state index contributed by atoms with van der Waals surface area (Å²) in [6, 6.07) is 6.05. The van der Waals surface area contributed by atoms with E-state index in [-0.39, 0.29) is 0 Å². The highest BCUT2D eigenvalue weighted by atomic mass is 32.1. The molecule has 0 bridgehead atoms. The van der Waals surface area contributed by atoms with Crippen molar-refractivity contribution >= 4 is 17.3 Å². The number of nitrogens with zero attached hydrogens (tertiary/aromatic N) is 4. The Kier molecular flexibility index (Phi) is 5.51. The van der Waals surface area contributed by atoms with Crippen LogP contribution in [0, 0.1) is 0 Å². The van der Waals surface area contributed by atoms with Gasteiger partial charge in [0.2, 0.25) is 5.95 Å². The summed E-state index contributed by atoms with van der Waals surface area (Å²) in [5.74, 6) is 0.659. The Hall–Kier alpha value is -2.31. The second-order valence-electron chi connectivity index (χ2n) is 5.79. The van der Waals surface area contributed by atoms with E-state index in [1.54, 1.807) is 17.5 Å². The number of aromatic nitrogens is 3. The van der Waals surface area contributed by atoms with E-state index >= 15 is 0 Å². The van der Waals surface area contributed by atoms with Gasteiger partial charge in [-0.1, -0.05) is 0 Å². The molecule has 5 nitrogen and oxygen atoms in total. The molecule has 3 aromatic heterocycles. The van der Waals surface area contributed by atoms with Crippen LogP contribution in [0.3, 0.4) is 0 Å². The number of hydrogen-bond acceptors (Lipinski definition) is 6. The van der Waals surface area contributed by atoms with Gasteiger partial charge in [0.05, 0.1) is 5.69 Å². The van der Waals surface area contributed by atoms with Crippen molar-refractivity contribution in [3.8, 4) is 22.4 Å². The van der Waals surface area contributed by atoms with Crippen molar-refractivity contribution in [1.82, 2.24) is 19.9 Å². The zero-order chi connectivity index (χ0) is 16.8. The molecule has 0 aliphatic heterocycles. The van der Waals surface area contributed by atoms with E-state index in [0.29, 0.717) is 5.95 Å². The van der Waals surface area contributed by atoms with Gasteiger partial charge in [-0.3, -0.25) is 4.98 Å². The summed E-state index contributed by atoms with van der Waals surface area (Å²) in [7, 11) is 4.15. The molecular weight excluding hydrogens is 318 g/mol. The fraction of sp³-hybridized carbons (Fsp3) is 0.278. The highest BCUT2D eigenvalue weighted by Gasteiger charge is 2.12. The first-order valence-corrected chi connectivity index (χ1v) is 8.87. The van der Waals surface area contributed by atoms with E-state index in [2.05, 4.69) is 51.1 Å². The third kappa shape index (κ3) is 4.15. The van der Waals surface area contributed by atoms with Gasteiger partial charge in [0.15, 0.2) is 0 Å². The maximum Gasteiger partial charge on any atom is 0.223 e. The highest BCUT2D eigenvalue weighted by molar-refractivity contribution is 7.08. The highest BCUT2D eigenvalue weighted by Crippen LogP contribution is 2.31. The lowest BCUT2D eigenvalue weighted by Crippen LogP contribution is -2.17. The molecule has 1 N–H and O–H groups in total. The molecule has 0 aromatic carbocycles. The van der Waals surface area contributed by atoms with E-state index in [1.165, 1.54) is 0 Å². The second-order valence-corrected chi connectivity index (χ2v) is 6.57. The topological polar surface area (TPSA) is 53.9 Å². The molecule has 0 fully saturated rings. The lowest BCUT2D eigenvalue weighted by atomic mass is 10.0. The van der Waals surface area contributed by atoms with Gasteiger partial charge in [-0.15, -0.1) is 0 Å². The first-order chi connectivity index (χ1) is 11.7. The van der Waals surface area contributed by atoms with Crippen molar-refractivity contribution in [3.05, 3.63) is 47.5 Å². The summed E-state index contributed by atoms with van der Waals surface area (Å²) < 4.78 is 0. The minimum Gasteiger partial charge on any atom is -0.354 e. The minimum absolute atomic E-state index is 0.659. The van der Waals surface area contributed by atoms with Gasteiger partial charge in [-0.25, -0.2) is 9.97 Å². The standard InChI is InChI=1S/C18H21N5S/c1-23(2)9-4-8-20-18-21-12-16(15-6-10-24-13-15)17(22-18)14-5-3-7-19-11-14/h3,5-7,10-13H,4,8-9H2,1-2H3,(H,20,21,22). The van der Waals surface area contributed by atoms with Crippen molar-refractivity contribution in [2.75, 3.05) is 32.5 Å². The van der Waals surface area contributed by atoms with E-state index in [1.807, 2.05) is 24.5 Å². The molecular formula is C18H21N5S. The quantitative estimate of drug-likeness (QED) is 0.666. The summed E-state index contributed by atoms with van der Waals surface area (Å²) in [6.45, 7) is 1.89. The number of anilines is 1. The van der Waals surface area contributed by atoms with Gasteiger partial charge in [0, 0.05) is 36.3 Å². The molecule has 6 heteroatoms. The fourth-order valence-electron chi connectivity index (χ4n) is 2.41. The van der Waals surface area contributed by atoms with Crippen LogP contribution < -0.4 is 5.32 Å². The zero-order valence-corrected chi connectivity index (χ0v) is 14.8. The average Bonchev–Trinajstić information content (AvgIpc) is 3.14. The smallest absolute Gasteiger partial charge is 0.223 e. The van der Waals surface area contributed by atoms with Crippen LogP contribution in [0.15, 0.2) is 47.5 Å². The lowest BCUT2D eigenvalue weighted by Gasteiger charge is -2.12. The number of pyridine rings is 1. The molecule has 24 heavy (non-hydrogen) atoms. The average molecular weight is 339 g/mol. The van der Waals surface area contributed by atoms with Crippen LogP contribution in [-0.2, 0) is 0 Å². The molecule has 0 saturated heterocycles. The molecule has 3 aromatic rings. The van der Waals surface area contributed by atoms with Crippen molar-refractivity contribution in [2.45, 2.75) is 6.42 Å². The van der Waals surface area contributed by atoms with Crippen LogP contribution in [-0.4, -0.2) is 47.0 Å². The molecule has 3 heterocycles. The van der Waals surface area contributed by atoms with Crippen LogP contribution in [0.25, 0.3) is 22.4 Å². The Labute approximate surface area is 146 Å². The van der Waals surface area contributed by atoms with E-state index in [9.17, 15) is 0 Å². The van der Waals surface area contributed by atoms with Gasteiger partial charge >= 0.3 is 0 Å². The normalized spacial score (nSPS) is 11.0. The summed E-state index contributed by atoms with van der Waals surface area (Å²) in [5, 5.41) is 7.50. The maximum atomic E-state index is 4.74. The molecule has 0 unspecified atom stereocenters. The first-order valence-electron chi connectivity index (χ1n) is 7.92. The van der Waals surface area contributed by atoms with Crippen LogP contribution >= 0.6 is 11.3 Å². The van der Waals surface area contributed by atoms with E-state index in [0.717, 1.165) is 41.9 Å². The van der Waals surface area contributed by atoms with Crippen molar-refractivity contribution in [3.63, 3.8) is 0 Å².